The van der Waals surface area contributed by atoms with Gasteiger partial charge in [0, 0.05) is 30.1 Å². The Morgan fingerprint density at radius 2 is 2.40 bits per heavy atom. The third-order valence-electron chi connectivity index (χ3n) is 3.53. The predicted molar refractivity (Wildman–Crippen MR) is 72.2 cm³/mol. The number of pyridine rings is 1. The highest BCUT2D eigenvalue weighted by atomic mass is 16.5. The monoisotopic (exact) mass is 272 g/mol. The Bertz CT molecular complexity index is 595. The van der Waals surface area contributed by atoms with Crippen molar-refractivity contribution >= 4 is 5.91 Å². The van der Waals surface area contributed by atoms with E-state index in [1.165, 1.54) is 0 Å². The molecule has 1 N–H and O–H groups in total. The summed E-state index contributed by atoms with van der Waals surface area (Å²) in [4.78, 5) is 16.2. The molecule has 2 heterocycles. The minimum atomic E-state index is 0.0174. The summed E-state index contributed by atoms with van der Waals surface area (Å²) in [6, 6.07) is 7.49. The maximum atomic E-state index is 12.1. The second kappa shape index (κ2) is 5.36. The van der Waals surface area contributed by atoms with Gasteiger partial charge in [0.2, 0.25) is 11.8 Å². The molecule has 5 heteroatoms. The van der Waals surface area contributed by atoms with Gasteiger partial charge in [0.15, 0.2) is 0 Å². The number of hydrogen-bond donors (Lipinski definition) is 1. The van der Waals surface area contributed by atoms with Crippen molar-refractivity contribution in [2.45, 2.75) is 18.9 Å². The molecule has 0 saturated heterocycles. The standard InChI is InChI=1S/C15H16N2O3/c1-19-15-10(4-2-6-16-15)9-17-14(18)12-8-11(12)13-5-3-7-20-13/h2-7,11-12H,8-9H2,1H3,(H,17,18)/t11-,12-/m0/s1. The van der Waals surface area contributed by atoms with Crippen LogP contribution in [0.25, 0.3) is 0 Å². The number of furan rings is 1. The Morgan fingerprint density at radius 1 is 1.50 bits per heavy atom. The van der Waals surface area contributed by atoms with E-state index < -0.39 is 0 Å². The first-order chi connectivity index (χ1) is 9.79. The molecule has 20 heavy (non-hydrogen) atoms. The second-order valence-corrected chi connectivity index (χ2v) is 4.85. The quantitative estimate of drug-likeness (QED) is 0.905. The van der Waals surface area contributed by atoms with E-state index in [4.69, 9.17) is 9.15 Å². The molecular weight excluding hydrogens is 256 g/mol. The number of nitrogens with one attached hydrogen (secondary N) is 1. The molecule has 0 radical (unpaired) electrons. The molecule has 2 aromatic rings. The summed E-state index contributed by atoms with van der Waals surface area (Å²) < 4.78 is 10.5. The molecule has 5 nitrogen and oxygen atoms in total. The van der Waals surface area contributed by atoms with Gasteiger partial charge in [-0.15, -0.1) is 0 Å². The molecule has 0 spiro atoms. The Hall–Kier alpha value is -2.30. The van der Waals surface area contributed by atoms with Crippen molar-refractivity contribution in [2.24, 2.45) is 5.92 Å². The molecule has 2 aromatic heterocycles. The highest BCUT2D eigenvalue weighted by Crippen LogP contribution is 2.47. The zero-order chi connectivity index (χ0) is 13.9. The summed E-state index contributed by atoms with van der Waals surface area (Å²) in [5.41, 5.74) is 0.874. The van der Waals surface area contributed by atoms with E-state index in [-0.39, 0.29) is 17.7 Å². The summed E-state index contributed by atoms with van der Waals surface area (Å²) >= 11 is 0. The van der Waals surface area contributed by atoms with Crippen LogP contribution < -0.4 is 10.1 Å². The molecule has 1 saturated carbocycles. The Labute approximate surface area is 117 Å². The molecule has 1 fully saturated rings. The lowest BCUT2D eigenvalue weighted by molar-refractivity contribution is -0.122. The smallest absolute Gasteiger partial charge is 0.224 e. The van der Waals surface area contributed by atoms with Crippen LogP contribution in [0.2, 0.25) is 0 Å². The van der Waals surface area contributed by atoms with Gasteiger partial charge in [0.05, 0.1) is 13.4 Å². The van der Waals surface area contributed by atoms with Gasteiger partial charge >= 0.3 is 0 Å². The number of nitrogens with zero attached hydrogens (tertiary/aromatic N) is 1. The van der Waals surface area contributed by atoms with E-state index in [9.17, 15) is 4.79 Å². The number of amides is 1. The largest absolute Gasteiger partial charge is 0.481 e. The fourth-order valence-corrected chi connectivity index (χ4v) is 2.36. The summed E-state index contributed by atoms with van der Waals surface area (Å²) in [5, 5.41) is 2.93. The van der Waals surface area contributed by atoms with Gasteiger partial charge in [-0.25, -0.2) is 4.98 Å². The highest BCUT2D eigenvalue weighted by Gasteiger charge is 2.45. The average molecular weight is 272 g/mol. The summed E-state index contributed by atoms with van der Waals surface area (Å²) in [6.45, 7) is 0.428. The van der Waals surface area contributed by atoms with Crippen molar-refractivity contribution in [2.75, 3.05) is 7.11 Å². The minimum Gasteiger partial charge on any atom is -0.481 e. The number of hydrogen-bond acceptors (Lipinski definition) is 4. The normalized spacial score (nSPS) is 20.4. The molecule has 0 aromatic carbocycles. The molecule has 1 aliphatic rings. The first-order valence-electron chi connectivity index (χ1n) is 6.58. The third kappa shape index (κ3) is 2.52. The molecule has 0 aliphatic heterocycles. The van der Waals surface area contributed by atoms with Gasteiger partial charge in [-0.2, -0.15) is 0 Å². The molecule has 1 amide bonds. The number of carbonyl (C=O) groups excluding carboxylic acids is 1. The Balaban J connectivity index is 1.56. The molecule has 2 atom stereocenters. The molecule has 1 aliphatic carbocycles. The van der Waals surface area contributed by atoms with Crippen molar-refractivity contribution < 1.29 is 13.9 Å². The number of carbonyl (C=O) groups is 1. The summed E-state index contributed by atoms with van der Waals surface area (Å²) in [7, 11) is 1.57. The predicted octanol–water partition coefficient (Wildman–Crippen LogP) is 2.10. The minimum absolute atomic E-state index is 0.0174. The van der Waals surface area contributed by atoms with Crippen molar-refractivity contribution in [3.8, 4) is 5.88 Å². The number of rotatable bonds is 5. The average Bonchev–Trinajstić information content (AvgIpc) is 3.11. The van der Waals surface area contributed by atoms with Crippen molar-refractivity contribution in [3.63, 3.8) is 0 Å². The van der Waals surface area contributed by atoms with Gasteiger partial charge in [-0.3, -0.25) is 4.79 Å². The van der Waals surface area contributed by atoms with Crippen molar-refractivity contribution in [1.82, 2.24) is 10.3 Å². The Kier molecular flexibility index (Phi) is 3.41. The van der Waals surface area contributed by atoms with Crippen LogP contribution in [0.4, 0.5) is 0 Å². The fraction of sp³-hybridized carbons (Fsp3) is 0.333. The molecular formula is C15H16N2O3. The second-order valence-electron chi connectivity index (χ2n) is 4.85. The molecule has 0 bridgehead atoms. The summed E-state index contributed by atoms with van der Waals surface area (Å²) in [5.74, 6) is 1.73. The van der Waals surface area contributed by atoms with Gasteiger partial charge in [-0.1, -0.05) is 6.07 Å². The van der Waals surface area contributed by atoms with E-state index in [1.54, 1.807) is 19.6 Å². The van der Waals surface area contributed by atoms with E-state index >= 15 is 0 Å². The number of aromatic nitrogens is 1. The zero-order valence-corrected chi connectivity index (χ0v) is 11.2. The fourth-order valence-electron chi connectivity index (χ4n) is 2.36. The van der Waals surface area contributed by atoms with Crippen LogP contribution in [-0.2, 0) is 11.3 Å². The van der Waals surface area contributed by atoms with Crippen LogP contribution in [0.3, 0.4) is 0 Å². The first kappa shape index (κ1) is 12.7. The van der Waals surface area contributed by atoms with Crippen LogP contribution in [0, 0.1) is 5.92 Å². The zero-order valence-electron chi connectivity index (χ0n) is 11.2. The lowest BCUT2D eigenvalue weighted by Gasteiger charge is -2.08. The topological polar surface area (TPSA) is 64.4 Å². The maximum Gasteiger partial charge on any atom is 0.224 e. The van der Waals surface area contributed by atoms with Gasteiger partial charge in [0.25, 0.3) is 0 Å². The maximum absolute atomic E-state index is 12.1. The van der Waals surface area contributed by atoms with Crippen LogP contribution in [0.15, 0.2) is 41.1 Å². The van der Waals surface area contributed by atoms with Crippen LogP contribution in [0.5, 0.6) is 5.88 Å². The van der Waals surface area contributed by atoms with Crippen molar-refractivity contribution in [1.29, 1.82) is 0 Å². The SMILES string of the molecule is COc1ncccc1CNC(=O)[C@H]1C[C@@H]1c1ccco1. The third-order valence-corrected chi connectivity index (χ3v) is 3.53. The number of methoxy groups -OCH3 is 1. The molecule has 0 unspecified atom stereocenters. The van der Waals surface area contributed by atoms with Gasteiger partial charge in [-0.05, 0) is 24.6 Å². The molecule has 3 rings (SSSR count). The van der Waals surface area contributed by atoms with E-state index in [0.717, 1.165) is 17.7 Å². The van der Waals surface area contributed by atoms with Crippen LogP contribution in [0.1, 0.15) is 23.7 Å². The van der Waals surface area contributed by atoms with Crippen molar-refractivity contribution in [3.05, 3.63) is 48.0 Å². The lowest BCUT2D eigenvalue weighted by atomic mass is 10.2. The van der Waals surface area contributed by atoms with Crippen LogP contribution >= 0.6 is 0 Å². The first-order valence-corrected chi connectivity index (χ1v) is 6.58. The summed E-state index contributed by atoms with van der Waals surface area (Å²) in [6.07, 6.45) is 4.16. The van der Waals surface area contributed by atoms with E-state index in [0.29, 0.717) is 12.4 Å². The lowest BCUT2D eigenvalue weighted by Crippen LogP contribution is -2.25. The highest BCUT2D eigenvalue weighted by molar-refractivity contribution is 5.82. The van der Waals surface area contributed by atoms with Crippen LogP contribution in [-0.4, -0.2) is 18.0 Å². The van der Waals surface area contributed by atoms with E-state index in [1.807, 2.05) is 24.3 Å². The van der Waals surface area contributed by atoms with Gasteiger partial charge < -0.3 is 14.5 Å². The van der Waals surface area contributed by atoms with E-state index in [2.05, 4.69) is 10.3 Å². The van der Waals surface area contributed by atoms with Gasteiger partial charge in [0.1, 0.15) is 5.76 Å². The molecule has 104 valence electrons. The Morgan fingerprint density at radius 3 is 3.15 bits per heavy atom. The number of ether oxygens (including phenoxy) is 1.